The number of hydrogen-bond acceptors (Lipinski definition) is 4. The molecule has 108 valence electrons. The molecule has 0 saturated heterocycles. The fraction of sp³-hybridized carbons (Fsp3) is 0.273. The van der Waals surface area contributed by atoms with Gasteiger partial charge in [0.1, 0.15) is 10.6 Å². The lowest BCUT2D eigenvalue weighted by atomic mass is 10.4. The number of carboxylic acids is 1. The minimum Gasteiger partial charge on any atom is -0.477 e. The predicted octanol–water partition coefficient (Wildman–Crippen LogP) is 1.12. The molecule has 0 atom stereocenters. The lowest BCUT2D eigenvalue weighted by Crippen LogP contribution is -2.11. The summed E-state index contributed by atoms with van der Waals surface area (Å²) in [5.41, 5.74) is 0.226. The van der Waals surface area contributed by atoms with Gasteiger partial charge in [-0.3, -0.25) is 9.82 Å². The summed E-state index contributed by atoms with van der Waals surface area (Å²) < 4.78 is 28.0. The molecular weight excluding hydrogens is 284 g/mol. The van der Waals surface area contributed by atoms with Crippen LogP contribution in [0.2, 0.25) is 0 Å². The maximum absolute atomic E-state index is 12.1. The zero-order valence-electron chi connectivity index (χ0n) is 10.7. The second kappa shape index (κ2) is 5.37. The number of hydrogen-bond donors (Lipinski definition) is 3. The smallest absolute Gasteiger partial charge is 0.352 e. The summed E-state index contributed by atoms with van der Waals surface area (Å²) in [7, 11) is -3.83. The summed E-state index contributed by atoms with van der Waals surface area (Å²) >= 11 is 0. The maximum Gasteiger partial charge on any atom is 0.352 e. The first-order valence-electron chi connectivity index (χ1n) is 5.89. The molecule has 8 nitrogen and oxygen atoms in total. The van der Waals surface area contributed by atoms with Crippen LogP contribution < -0.4 is 4.72 Å². The number of aromatic carboxylic acids is 1. The lowest BCUT2D eigenvalue weighted by molar-refractivity contribution is 0.0685. The first kappa shape index (κ1) is 14.1. The quantitative estimate of drug-likeness (QED) is 0.738. The Labute approximate surface area is 115 Å². The van der Waals surface area contributed by atoms with E-state index in [1.165, 1.54) is 23.2 Å². The normalized spacial score (nSPS) is 11.4. The highest BCUT2D eigenvalue weighted by molar-refractivity contribution is 7.92. The van der Waals surface area contributed by atoms with Crippen molar-refractivity contribution in [3.8, 4) is 0 Å². The number of carboxylic acid groups (broad SMARTS) is 1. The van der Waals surface area contributed by atoms with Crippen molar-refractivity contribution >= 4 is 21.7 Å². The predicted molar refractivity (Wildman–Crippen MR) is 71.1 cm³/mol. The number of carbonyl (C=O) groups is 1. The summed E-state index contributed by atoms with van der Waals surface area (Å²) in [5, 5.41) is 15.2. The van der Waals surface area contributed by atoms with Crippen molar-refractivity contribution in [3.63, 3.8) is 0 Å². The Morgan fingerprint density at radius 3 is 2.85 bits per heavy atom. The summed E-state index contributed by atoms with van der Waals surface area (Å²) in [6.45, 7) is 2.31. The highest BCUT2D eigenvalue weighted by Crippen LogP contribution is 2.18. The van der Waals surface area contributed by atoms with Crippen molar-refractivity contribution in [2.75, 3.05) is 4.72 Å². The maximum atomic E-state index is 12.1. The Kier molecular flexibility index (Phi) is 3.79. The van der Waals surface area contributed by atoms with Crippen LogP contribution in [0.15, 0.2) is 29.6 Å². The molecule has 3 N–H and O–H groups in total. The molecule has 0 spiro atoms. The van der Waals surface area contributed by atoms with Gasteiger partial charge in [0.25, 0.3) is 10.0 Å². The largest absolute Gasteiger partial charge is 0.477 e. The molecule has 2 rings (SSSR count). The van der Waals surface area contributed by atoms with Gasteiger partial charge in [-0.15, -0.1) is 0 Å². The van der Waals surface area contributed by atoms with Crippen LogP contribution in [-0.2, 0) is 16.6 Å². The van der Waals surface area contributed by atoms with Crippen LogP contribution in [0.3, 0.4) is 0 Å². The zero-order chi connectivity index (χ0) is 14.8. The van der Waals surface area contributed by atoms with E-state index in [9.17, 15) is 13.2 Å². The average molecular weight is 298 g/mol. The van der Waals surface area contributed by atoms with Crippen molar-refractivity contribution < 1.29 is 18.3 Å². The van der Waals surface area contributed by atoms with Crippen molar-refractivity contribution in [2.45, 2.75) is 24.8 Å². The molecule has 2 aromatic heterocycles. The number of aromatic amines is 1. The van der Waals surface area contributed by atoms with E-state index in [0.29, 0.717) is 13.0 Å². The Balaban J connectivity index is 2.36. The molecular formula is C11H14N4O4S. The second-order valence-corrected chi connectivity index (χ2v) is 5.83. The van der Waals surface area contributed by atoms with Crippen molar-refractivity contribution in [2.24, 2.45) is 0 Å². The molecule has 20 heavy (non-hydrogen) atoms. The molecule has 0 amide bonds. The first-order chi connectivity index (χ1) is 9.44. The third-order valence-corrected chi connectivity index (χ3v) is 3.96. The minimum absolute atomic E-state index is 0.0561. The number of nitrogens with one attached hydrogen (secondary N) is 2. The summed E-state index contributed by atoms with van der Waals surface area (Å²) in [6, 6.07) is 1.14. The summed E-state index contributed by atoms with van der Waals surface area (Å²) in [5.74, 6) is -1.16. The van der Waals surface area contributed by atoms with Crippen LogP contribution in [0.1, 0.15) is 23.8 Å². The molecule has 0 aromatic carbocycles. The van der Waals surface area contributed by atoms with E-state index in [2.05, 4.69) is 14.9 Å². The van der Waals surface area contributed by atoms with E-state index in [0.717, 1.165) is 6.07 Å². The fourth-order valence-corrected chi connectivity index (χ4v) is 2.83. The number of anilines is 1. The average Bonchev–Trinajstić information content (AvgIpc) is 2.98. The van der Waals surface area contributed by atoms with Gasteiger partial charge in [0.05, 0.1) is 11.9 Å². The third-order valence-electron chi connectivity index (χ3n) is 2.62. The van der Waals surface area contributed by atoms with E-state index in [-0.39, 0.29) is 16.3 Å². The van der Waals surface area contributed by atoms with Gasteiger partial charge in [-0.1, -0.05) is 6.92 Å². The van der Waals surface area contributed by atoms with Gasteiger partial charge in [0.15, 0.2) is 0 Å². The van der Waals surface area contributed by atoms with Gasteiger partial charge in [-0.05, 0) is 12.5 Å². The van der Waals surface area contributed by atoms with Crippen LogP contribution in [-0.4, -0.2) is 34.3 Å². The molecule has 9 heteroatoms. The van der Waals surface area contributed by atoms with Gasteiger partial charge < -0.3 is 9.67 Å². The molecule has 0 aliphatic heterocycles. The van der Waals surface area contributed by atoms with Gasteiger partial charge in [-0.2, -0.15) is 5.10 Å². The summed E-state index contributed by atoms with van der Waals surface area (Å²) in [6.07, 6.45) is 4.72. The molecule has 0 radical (unpaired) electrons. The lowest BCUT2D eigenvalue weighted by Gasteiger charge is -2.03. The van der Waals surface area contributed by atoms with Crippen LogP contribution in [0.25, 0.3) is 0 Å². The molecule has 0 fully saturated rings. The molecule has 0 unspecified atom stereocenters. The fourth-order valence-electron chi connectivity index (χ4n) is 1.76. The molecule has 0 aliphatic carbocycles. The highest BCUT2D eigenvalue weighted by atomic mass is 32.2. The molecule has 0 bridgehead atoms. The number of H-pyrrole nitrogens is 1. The van der Waals surface area contributed by atoms with Crippen molar-refractivity contribution in [1.82, 2.24) is 14.8 Å². The third kappa shape index (κ3) is 2.82. The number of sulfonamides is 1. The SMILES string of the molecule is CCCn1cc(S(=O)(=O)Nc2cn[nH]c2)cc1C(=O)O. The van der Waals surface area contributed by atoms with Crippen molar-refractivity contribution in [3.05, 3.63) is 30.4 Å². The van der Waals surface area contributed by atoms with Crippen LogP contribution >= 0.6 is 0 Å². The van der Waals surface area contributed by atoms with Crippen LogP contribution in [0.4, 0.5) is 5.69 Å². The Hall–Kier alpha value is -2.29. The monoisotopic (exact) mass is 298 g/mol. The van der Waals surface area contributed by atoms with Gasteiger partial charge in [0.2, 0.25) is 0 Å². The minimum atomic E-state index is -3.83. The molecule has 2 aromatic rings. The van der Waals surface area contributed by atoms with E-state index >= 15 is 0 Å². The first-order valence-corrected chi connectivity index (χ1v) is 7.37. The number of nitrogens with zero attached hydrogens (tertiary/aromatic N) is 2. The molecule has 0 aliphatic rings. The highest BCUT2D eigenvalue weighted by Gasteiger charge is 2.21. The van der Waals surface area contributed by atoms with Crippen molar-refractivity contribution in [1.29, 1.82) is 0 Å². The van der Waals surface area contributed by atoms with Gasteiger partial charge in [0, 0.05) is 18.9 Å². The number of rotatable bonds is 6. The standard InChI is InChI=1S/C11H14N4O4S/c1-2-3-15-7-9(4-10(15)11(16)17)20(18,19)14-8-5-12-13-6-8/h4-7,14H,2-3H2,1H3,(H,12,13)(H,16,17). The van der Waals surface area contributed by atoms with E-state index in [1.807, 2.05) is 6.92 Å². The number of aromatic nitrogens is 3. The Morgan fingerprint density at radius 1 is 1.55 bits per heavy atom. The summed E-state index contributed by atoms with van der Waals surface area (Å²) in [4.78, 5) is 11.0. The van der Waals surface area contributed by atoms with E-state index in [1.54, 1.807) is 0 Å². The number of aryl methyl sites for hydroxylation is 1. The van der Waals surface area contributed by atoms with Crippen LogP contribution in [0.5, 0.6) is 0 Å². The topological polar surface area (TPSA) is 117 Å². The van der Waals surface area contributed by atoms with Crippen LogP contribution in [0, 0.1) is 0 Å². The zero-order valence-corrected chi connectivity index (χ0v) is 11.5. The van der Waals surface area contributed by atoms with E-state index in [4.69, 9.17) is 5.11 Å². The second-order valence-electron chi connectivity index (χ2n) is 4.15. The Morgan fingerprint density at radius 2 is 2.30 bits per heavy atom. The Bertz CT molecular complexity index is 703. The van der Waals surface area contributed by atoms with Gasteiger partial charge in [-0.25, -0.2) is 13.2 Å². The molecule has 2 heterocycles. The molecule has 0 saturated carbocycles. The van der Waals surface area contributed by atoms with E-state index < -0.39 is 16.0 Å². The van der Waals surface area contributed by atoms with Gasteiger partial charge >= 0.3 is 5.97 Å².